The number of ether oxygens (including phenoxy) is 3. The summed E-state index contributed by atoms with van der Waals surface area (Å²) in [5.74, 6) is -0.521. The molecule has 1 N–H and O–H groups in total. The molecule has 0 saturated carbocycles. The molecule has 2 aliphatic rings. The highest BCUT2D eigenvalue weighted by molar-refractivity contribution is 7.80. The van der Waals surface area contributed by atoms with E-state index < -0.39 is 29.6 Å². The summed E-state index contributed by atoms with van der Waals surface area (Å²) in [5, 5.41) is 2.96. The van der Waals surface area contributed by atoms with Gasteiger partial charge < -0.3 is 24.4 Å². The average molecular weight is 550 g/mol. The van der Waals surface area contributed by atoms with Gasteiger partial charge in [-0.25, -0.2) is 9.18 Å². The van der Waals surface area contributed by atoms with E-state index in [4.69, 9.17) is 26.4 Å². The van der Waals surface area contributed by atoms with E-state index in [0.29, 0.717) is 28.4 Å². The molecule has 0 bridgehead atoms. The third kappa shape index (κ3) is 5.53. The fraction of sp³-hybridized carbons (Fsp3) is 0.214. The normalized spacial score (nSPS) is 16.0. The highest BCUT2D eigenvalue weighted by Gasteiger charge is 2.44. The van der Waals surface area contributed by atoms with Crippen LogP contribution in [0.3, 0.4) is 0 Å². The molecule has 1 fully saturated rings. The molecule has 2 heterocycles. The molecule has 0 radical (unpaired) electrons. The lowest BCUT2D eigenvalue weighted by molar-refractivity contribution is -0.124. The van der Waals surface area contributed by atoms with E-state index >= 15 is 0 Å². The number of nitrogens with zero attached hydrogens (tertiary/aromatic N) is 2. The molecule has 0 spiro atoms. The highest BCUT2D eigenvalue weighted by atomic mass is 32.1. The van der Waals surface area contributed by atoms with Crippen molar-refractivity contribution in [3.05, 3.63) is 83.7 Å². The zero-order valence-corrected chi connectivity index (χ0v) is 21.7. The summed E-state index contributed by atoms with van der Waals surface area (Å²) in [4.78, 5) is 41.5. The largest absolute Gasteiger partial charge is 0.462 e. The number of carbonyl (C=O) groups excluding carboxylic acids is 3. The Morgan fingerprint density at radius 1 is 1.05 bits per heavy atom. The summed E-state index contributed by atoms with van der Waals surface area (Å²) in [6.45, 7) is 2.33. The molecule has 3 aromatic rings. The van der Waals surface area contributed by atoms with Crippen molar-refractivity contribution in [1.29, 1.82) is 0 Å². The summed E-state index contributed by atoms with van der Waals surface area (Å²) in [6.07, 6.45) is -0.194. The van der Waals surface area contributed by atoms with Gasteiger partial charge in [-0.2, -0.15) is 0 Å². The first kappa shape index (κ1) is 26.1. The van der Waals surface area contributed by atoms with E-state index in [1.54, 1.807) is 48.2 Å². The number of hydrogen-bond donors (Lipinski definition) is 1. The number of anilines is 2. The number of esters is 1. The minimum Gasteiger partial charge on any atom is -0.462 e. The second-order valence-corrected chi connectivity index (χ2v) is 9.18. The summed E-state index contributed by atoms with van der Waals surface area (Å²) in [7, 11) is 0. The number of fused-ring (bicyclic) bond motifs is 1. The van der Waals surface area contributed by atoms with Gasteiger partial charge in [-0.1, -0.05) is 6.07 Å². The van der Waals surface area contributed by atoms with Crippen LogP contribution in [0.1, 0.15) is 29.3 Å². The molecule has 0 aromatic heterocycles. The lowest BCUT2D eigenvalue weighted by atomic mass is 10.1. The first-order valence-corrected chi connectivity index (χ1v) is 12.6. The lowest BCUT2D eigenvalue weighted by Crippen LogP contribution is -2.37. The molecular weight excluding hydrogens is 525 g/mol. The van der Waals surface area contributed by atoms with Gasteiger partial charge in [0.25, 0.3) is 5.91 Å². The summed E-state index contributed by atoms with van der Waals surface area (Å²) < 4.78 is 29.4. The fourth-order valence-corrected chi connectivity index (χ4v) is 4.76. The van der Waals surface area contributed by atoms with Gasteiger partial charge in [0.2, 0.25) is 12.7 Å². The van der Waals surface area contributed by atoms with Gasteiger partial charge in [0, 0.05) is 12.2 Å². The number of thiocarbonyl (C=S) groups is 1. The lowest BCUT2D eigenvalue weighted by Gasteiger charge is -2.24. The molecule has 200 valence electrons. The topological polar surface area (TPSA) is 97.4 Å². The van der Waals surface area contributed by atoms with Crippen LogP contribution in [0.15, 0.2) is 66.7 Å². The van der Waals surface area contributed by atoms with E-state index in [0.717, 1.165) is 5.56 Å². The molecule has 2 aliphatic heterocycles. The molecule has 1 saturated heterocycles. The van der Waals surface area contributed by atoms with Crippen molar-refractivity contribution < 1.29 is 33.0 Å². The minimum atomic E-state index is -0.910. The maximum Gasteiger partial charge on any atom is 0.338 e. The number of rotatable bonds is 8. The summed E-state index contributed by atoms with van der Waals surface area (Å²) in [5.41, 5.74) is 2.02. The quantitative estimate of drug-likeness (QED) is 0.329. The van der Waals surface area contributed by atoms with Gasteiger partial charge >= 0.3 is 5.97 Å². The third-order valence-electron chi connectivity index (χ3n) is 6.25. The van der Waals surface area contributed by atoms with Crippen LogP contribution in [0.2, 0.25) is 0 Å². The molecule has 0 aliphatic carbocycles. The Bertz CT molecular complexity index is 1430. The van der Waals surface area contributed by atoms with Gasteiger partial charge in [-0.15, -0.1) is 0 Å². The van der Waals surface area contributed by atoms with Crippen LogP contribution < -0.4 is 19.7 Å². The van der Waals surface area contributed by atoms with Crippen LogP contribution in [0.4, 0.5) is 15.8 Å². The van der Waals surface area contributed by atoms with Crippen LogP contribution >= 0.6 is 12.2 Å². The van der Waals surface area contributed by atoms with Crippen LogP contribution in [0.5, 0.6) is 11.5 Å². The fourth-order valence-electron chi connectivity index (χ4n) is 4.37. The number of nitrogens with one attached hydrogen (secondary N) is 1. The number of carbonyl (C=O) groups is 3. The van der Waals surface area contributed by atoms with Gasteiger partial charge in [0.15, 0.2) is 16.6 Å². The Labute approximate surface area is 229 Å². The predicted molar refractivity (Wildman–Crippen MR) is 144 cm³/mol. The molecular formula is C28H24FN3O6S. The van der Waals surface area contributed by atoms with Crippen molar-refractivity contribution in [3.63, 3.8) is 0 Å². The maximum absolute atomic E-state index is 13.6. The Hall–Kier alpha value is -4.51. The maximum atomic E-state index is 13.6. The Balaban J connectivity index is 1.36. The molecule has 3 aromatic carbocycles. The number of hydrogen-bond acceptors (Lipinski definition) is 7. The van der Waals surface area contributed by atoms with Crippen molar-refractivity contribution in [2.24, 2.45) is 0 Å². The Morgan fingerprint density at radius 2 is 1.77 bits per heavy atom. The first-order valence-electron chi connectivity index (χ1n) is 12.2. The first-order chi connectivity index (χ1) is 18.8. The zero-order chi connectivity index (χ0) is 27.5. The standard InChI is InChI=1S/C28H24FN3O6S/c1-2-36-27(35)18-4-8-20(9-5-18)30-25(33)14-22-26(34)32(21-10-6-19(29)7-11-21)28(39)31(22)15-17-3-12-23-24(13-17)38-16-37-23/h3-13,22H,2,14-16H2,1H3,(H,30,33)/t22-/m0/s1. The molecule has 2 amide bonds. The van der Waals surface area contributed by atoms with Crippen molar-refractivity contribution >= 4 is 46.5 Å². The van der Waals surface area contributed by atoms with E-state index in [9.17, 15) is 18.8 Å². The molecule has 1 atom stereocenters. The van der Waals surface area contributed by atoms with E-state index in [1.807, 2.05) is 6.07 Å². The highest BCUT2D eigenvalue weighted by Crippen LogP contribution is 2.34. The molecule has 5 rings (SSSR count). The second kappa shape index (κ2) is 11.1. The van der Waals surface area contributed by atoms with Crippen molar-refractivity contribution in [2.45, 2.75) is 25.9 Å². The van der Waals surface area contributed by atoms with Crippen LogP contribution in [0, 0.1) is 5.82 Å². The van der Waals surface area contributed by atoms with Gasteiger partial charge in [0.05, 0.1) is 24.3 Å². The van der Waals surface area contributed by atoms with Crippen molar-refractivity contribution in [3.8, 4) is 11.5 Å². The summed E-state index contributed by atoms with van der Waals surface area (Å²) >= 11 is 5.68. The second-order valence-electron chi connectivity index (χ2n) is 8.81. The van der Waals surface area contributed by atoms with Crippen LogP contribution in [-0.4, -0.2) is 47.2 Å². The monoisotopic (exact) mass is 549 g/mol. The van der Waals surface area contributed by atoms with Gasteiger partial charge in [0.1, 0.15) is 11.9 Å². The number of benzene rings is 3. The third-order valence-corrected chi connectivity index (χ3v) is 6.67. The summed E-state index contributed by atoms with van der Waals surface area (Å²) in [6, 6.07) is 16.2. The number of halogens is 1. The number of amides is 2. The Morgan fingerprint density at radius 3 is 2.49 bits per heavy atom. The molecule has 0 unspecified atom stereocenters. The molecule has 39 heavy (non-hydrogen) atoms. The average Bonchev–Trinajstić information content (AvgIpc) is 3.48. The van der Waals surface area contributed by atoms with Crippen LogP contribution in [0.25, 0.3) is 0 Å². The minimum absolute atomic E-state index is 0.126. The van der Waals surface area contributed by atoms with Crippen molar-refractivity contribution in [2.75, 3.05) is 23.6 Å². The molecule has 9 nitrogen and oxygen atoms in total. The van der Waals surface area contributed by atoms with E-state index in [1.165, 1.54) is 29.2 Å². The van der Waals surface area contributed by atoms with Gasteiger partial charge in [-0.05, 0) is 85.4 Å². The van der Waals surface area contributed by atoms with Crippen molar-refractivity contribution in [1.82, 2.24) is 4.90 Å². The molecule has 11 heteroatoms. The van der Waals surface area contributed by atoms with E-state index in [2.05, 4.69) is 5.32 Å². The van der Waals surface area contributed by atoms with Crippen LogP contribution in [-0.2, 0) is 20.9 Å². The zero-order valence-electron chi connectivity index (χ0n) is 20.9. The van der Waals surface area contributed by atoms with Gasteiger partial charge in [-0.3, -0.25) is 14.5 Å². The SMILES string of the molecule is CCOC(=O)c1ccc(NC(=O)C[C@H]2C(=O)N(c3ccc(F)cc3)C(=S)N2Cc2ccc3c(c2)OCO3)cc1. The predicted octanol–water partition coefficient (Wildman–Crippen LogP) is 4.26. The smallest absolute Gasteiger partial charge is 0.338 e. The van der Waals surface area contributed by atoms with E-state index in [-0.39, 0.29) is 31.5 Å². The Kier molecular flexibility index (Phi) is 7.42.